The maximum absolute atomic E-state index is 11.8. The highest BCUT2D eigenvalue weighted by Crippen LogP contribution is 2.15. The fourth-order valence-corrected chi connectivity index (χ4v) is 2.23. The molecule has 0 aliphatic heterocycles. The van der Waals surface area contributed by atoms with Crippen molar-refractivity contribution in [3.63, 3.8) is 0 Å². The van der Waals surface area contributed by atoms with Gasteiger partial charge in [-0.2, -0.15) is 5.10 Å². The Kier molecular flexibility index (Phi) is 6.28. The monoisotopic (exact) mass is 339 g/mol. The second kappa shape index (κ2) is 8.63. The van der Waals surface area contributed by atoms with E-state index in [9.17, 15) is 9.59 Å². The largest absolute Gasteiger partial charge is 0.484 e. The molecule has 0 radical (unpaired) electrons. The molecular formula is C19H21N3O3. The number of hydrogen-bond donors (Lipinski definition) is 2. The van der Waals surface area contributed by atoms with Crippen molar-refractivity contribution in [3.8, 4) is 5.75 Å². The second-order valence-electron chi connectivity index (χ2n) is 5.71. The van der Waals surface area contributed by atoms with Crippen molar-refractivity contribution >= 4 is 23.7 Å². The number of aryl methyl sites for hydroxylation is 2. The molecule has 2 aromatic carbocycles. The van der Waals surface area contributed by atoms with Gasteiger partial charge in [-0.15, -0.1) is 0 Å². The van der Waals surface area contributed by atoms with Crippen LogP contribution in [-0.2, 0) is 9.59 Å². The Morgan fingerprint density at radius 1 is 1.08 bits per heavy atom. The first-order valence-corrected chi connectivity index (χ1v) is 7.83. The van der Waals surface area contributed by atoms with Crippen LogP contribution in [-0.4, -0.2) is 24.6 Å². The predicted octanol–water partition coefficient (Wildman–Crippen LogP) is 2.79. The number of rotatable bonds is 6. The fraction of sp³-hybridized carbons (Fsp3) is 0.211. The number of nitrogens with zero attached hydrogens (tertiary/aromatic N) is 1. The molecule has 0 aliphatic rings. The predicted molar refractivity (Wildman–Crippen MR) is 97.9 cm³/mol. The molecule has 25 heavy (non-hydrogen) atoms. The van der Waals surface area contributed by atoms with Crippen LogP contribution in [0.3, 0.4) is 0 Å². The molecule has 0 aliphatic carbocycles. The van der Waals surface area contributed by atoms with Crippen LogP contribution >= 0.6 is 0 Å². The Morgan fingerprint density at radius 2 is 1.72 bits per heavy atom. The number of amides is 2. The molecule has 0 spiro atoms. The highest BCUT2D eigenvalue weighted by Gasteiger charge is 2.02. The lowest BCUT2D eigenvalue weighted by molar-refractivity contribution is -0.123. The molecule has 2 N–H and O–H groups in total. The number of benzene rings is 2. The Bertz CT molecular complexity index is 763. The summed E-state index contributed by atoms with van der Waals surface area (Å²) in [6.07, 6.45) is 1.52. The van der Waals surface area contributed by atoms with Crippen LogP contribution in [0.2, 0.25) is 0 Å². The number of anilines is 1. The van der Waals surface area contributed by atoms with Gasteiger partial charge < -0.3 is 10.1 Å². The molecule has 0 fully saturated rings. The summed E-state index contributed by atoms with van der Waals surface area (Å²) < 4.78 is 5.46. The standard InChI is InChI=1S/C19H21N3O3/c1-13-8-14(2)10-18(9-13)25-12-19(24)22-20-11-16-4-6-17(7-5-16)21-15(3)23/h4-11H,12H2,1-3H3,(H,21,23)(H,22,24)/b20-11+. The Morgan fingerprint density at radius 3 is 2.32 bits per heavy atom. The third kappa shape index (κ3) is 6.47. The number of nitrogens with one attached hydrogen (secondary N) is 2. The van der Waals surface area contributed by atoms with Crippen LogP contribution in [0.5, 0.6) is 5.75 Å². The van der Waals surface area contributed by atoms with Gasteiger partial charge in [0.25, 0.3) is 5.91 Å². The van der Waals surface area contributed by atoms with Gasteiger partial charge in [0.05, 0.1) is 6.21 Å². The van der Waals surface area contributed by atoms with E-state index in [1.807, 2.05) is 32.0 Å². The topological polar surface area (TPSA) is 79.8 Å². The average molecular weight is 339 g/mol. The quantitative estimate of drug-likeness (QED) is 0.627. The lowest BCUT2D eigenvalue weighted by Gasteiger charge is -2.07. The lowest BCUT2D eigenvalue weighted by Crippen LogP contribution is -2.24. The molecule has 0 bridgehead atoms. The molecule has 130 valence electrons. The summed E-state index contributed by atoms with van der Waals surface area (Å²) in [6.45, 7) is 5.29. The second-order valence-corrected chi connectivity index (χ2v) is 5.71. The smallest absolute Gasteiger partial charge is 0.277 e. The first kappa shape index (κ1) is 18.2. The maximum atomic E-state index is 11.8. The van der Waals surface area contributed by atoms with E-state index >= 15 is 0 Å². The number of carbonyl (C=O) groups is 2. The van der Waals surface area contributed by atoms with Crippen molar-refractivity contribution in [1.82, 2.24) is 5.43 Å². The zero-order valence-corrected chi connectivity index (χ0v) is 14.5. The van der Waals surface area contributed by atoms with Gasteiger partial charge in [-0.25, -0.2) is 5.43 Å². The van der Waals surface area contributed by atoms with E-state index in [2.05, 4.69) is 15.8 Å². The molecule has 2 amide bonds. The van der Waals surface area contributed by atoms with Crippen LogP contribution in [0.25, 0.3) is 0 Å². The SMILES string of the molecule is CC(=O)Nc1ccc(/C=N/NC(=O)COc2cc(C)cc(C)c2)cc1. The highest BCUT2D eigenvalue weighted by atomic mass is 16.5. The van der Waals surface area contributed by atoms with Gasteiger partial charge in [-0.05, 0) is 54.8 Å². The summed E-state index contributed by atoms with van der Waals surface area (Å²) in [7, 11) is 0. The normalized spacial score (nSPS) is 10.5. The Hall–Kier alpha value is -3.15. The van der Waals surface area contributed by atoms with Crippen LogP contribution in [0.1, 0.15) is 23.6 Å². The summed E-state index contributed by atoms with van der Waals surface area (Å²) in [5.41, 5.74) is 6.07. The first-order valence-electron chi connectivity index (χ1n) is 7.83. The summed E-state index contributed by atoms with van der Waals surface area (Å²) in [5.74, 6) is 0.188. The van der Waals surface area contributed by atoms with Crippen LogP contribution < -0.4 is 15.5 Å². The molecule has 0 saturated heterocycles. The van der Waals surface area contributed by atoms with Crippen LogP contribution in [0.4, 0.5) is 5.69 Å². The van der Waals surface area contributed by atoms with Crippen molar-refractivity contribution in [2.24, 2.45) is 5.10 Å². The van der Waals surface area contributed by atoms with E-state index in [4.69, 9.17) is 4.74 Å². The summed E-state index contributed by atoms with van der Waals surface area (Å²) >= 11 is 0. The summed E-state index contributed by atoms with van der Waals surface area (Å²) in [5, 5.41) is 6.56. The van der Waals surface area contributed by atoms with Crippen molar-refractivity contribution in [2.75, 3.05) is 11.9 Å². The van der Waals surface area contributed by atoms with Gasteiger partial charge in [0.15, 0.2) is 6.61 Å². The van der Waals surface area contributed by atoms with E-state index in [-0.39, 0.29) is 18.4 Å². The van der Waals surface area contributed by atoms with E-state index in [0.29, 0.717) is 11.4 Å². The van der Waals surface area contributed by atoms with Gasteiger partial charge in [-0.1, -0.05) is 18.2 Å². The van der Waals surface area contributed by atoms with Crippen LogP contribution in [0, 0.1) is 13.8 Å². The summed E-state index contributed by atoms with van der Waals surface area (Å²) in [4.78, 5) is 22.7. The van der Waals surface area contributed by atoms with Gasteiger partial charge in [0, 0.05) is 12.6 Å². The van der Waals surface area contributed by atoms with Crippen molar-refractivity contribution in [2.45, 2.75) is 20.8 Å². The molecule has 6 nitrogen and oxygen atoms in total. The highest BCUT2D eigenvalue weighted by molar-refractivity contribution is 5.89. The number of carbonyl (C=O) groups excluding carboxylic acids is 2. The van der Waals surface area contributed by atoms with Gasteiger partial charge in [-0.3, -0.25) is 9.59 Å². The fourth-order valence-electron chi connectivity index (χ4n) is 2.23. The summed E-state index contributed by atoms with van der Waals surface area (Å²) in [6, 6.07) is 12.9. The number of ether oxygens (including phenoxy) is 1. The van der Waals surface area contributed by atoms with Crippen molar-refractivity contribution in [3.05, 3.63) is 59.2 Å². The molecule has 6 heteroatoms. The number of hydrazone groups is 1. The minimum atomic E-state index is -0.342. The molecule has 0 unspecified atom stereocenters. The molecule has 0 aromatic heterocycles. The van der Waals surface area contributed by atoms with Crippen LogP contribution in [0.15, 0.2) is 47.6 Å². The molecule has 2 rings (SSSR count). The van der Waals surface area contributed by atoms with E-state index in [0.717, 1.165) is 16.7 Å². The maximum Gasteiger partial charge on any atom is 0.277 e. The van der Waals surface area contributed by atoms with E-state index < -0.39 is 0 Å². The first-order chi connectivity index (χ1) is 11.9. The van der Waals surface area contributed by atoms with Gasteiger partial charge in [0.1, 0.15) is 5.75 Å². The van der Waals surface area contributed by atoms with E-state index in [1.165, 1.54) is 13.1 Å². The van der Waals surface area contributed by atoms with Crippen molar-refractivity contribution in [1.29, 1.82) is 0 Å². The molecule has 0 heterocycles. The lowest BCUT2D eigenvalue weighted by atomic mass is 10.1. The Labute approximate surface area is 146 Å². The zero-order valence-electron chi connectivity index (χ0n) is 14.5. The Balaban J connectivity index is 1.80. The molecule has 2 aromatic rings. The minimum absolute atomic E-state index is 0.109. The zero-order chi connectivity index (χ0) is 18.2. The average Bonchev–Trinajstić information content (AvgIpc) is 2.53. The molecular weight excluding hydrogens is 318 g/mol. The van der Waals surface area contributed by atoms with Gasteiger partial charge in [0.2, 0.25) is 5.91 Å². The minimum Gasteiger partial charge on any atom is -0.484 e. The number of hydrogen-bond acceptors (Lipinski definition) is 4. The van der Waals surface area contributed by atoms with E-state index in [1.54, 1.807) is 24.3 Å². The third-order valence-electron chi connectivity index (χ3n) is 3.20. The van der Waals surface area contributed by atoms with Gasteiger partial charge >= 0.3 is 0 Å². The third-order valence-corrected chi connectivity index (χ3v) is 3.20. The van der Waals surface area contributed by atoms with Crippen molar-refractivity contribution < 1.29 is 14.3 Å². The molecule has 0 atom stereocenters. The molecule has 0 saturated carbocycles.